The molecule has 0 unspecified atom stereocenters. The van der Waals surface area contributed by atoms with Gasteiger partial charge in [0.2, 0.25) is 0 Å². The van der Waals surface area contributed by atoms with Gasteiger partial charge in [-0.15, -0.1) is 0 Å². The van der Waals surface area contributed by atoms with E-state index in [9.17, 15) is 9.59 Å². The van der Waals surface area contributed by atoms with Gasteiger partial charge in [0.05, 0.1) is 0 Å². The number of carbonyl (C=O) groups excluding carboxylic acids is 2. The smallest absolute Gasteiger partial charge is 0.302 e. The van der Waals surface area contributed by atoms with E-state index in [-0.39, 0.29) is 28.7 Å². The van der Waals surface area contributed by atoms with Gasteiger partial charge in [0.1, 0.15) is 6.10 Å². The zero-order valence-corrected chi connectivity index (χ0v) is 15.0. The van der Waals surface area contributed by atoms with Crippen LogP contribution >= 0.6 is 0 Å². The van der Waals surface area contributed by atoms with Crippen molar-refractivity contribution in [3.63, 3.8) is 0 Å². The molecule has 130 valence electrons. The molecule has 3 fully saturated rings. The molecule has 0 aromatic rings. The van der Waals surface area contributed by atoms with Crippen LogP contribution in [0.15, 0.2) is 23.8 Å². The van der Waals surface area contributed by atoms with E-state index < -0.39 is 0 Å². The summed E-state index contributed by atoms with van der Waals surface area (Å²) in [5.41, 5.74) is 1.53. The summed E-state index contributed by atoms with van der Waals surface area (Å²) in [6.07, 6.45) is 12.6. The third-order valence-corrected chi connectivity index (χ3v) is 7.78. The Morgan fingerprint density at radius 3 is 2.71 bits per heavy atom. The number of ether oxygens (including phenoxy) is 1. The molecule has 0 radical (unpaired) electrons. The van der Waals surface area contributed by atoms with Gasteiger partial charge < -0.3 is 4.74 Å². The summed E-state index contributed by atoms with van der Waals surface area (Å²) >= 11 is 0. The molecule has 6 atom stereocenters. The van der Waals surface area contributed by atoms with E-state index in [1.165, 1.54) is 31.8 Å². The lowest BCUT2D eigenvalue weighted by atomic mass is 9.48. The van der Waals surface area contributed by atoms with Gasteiger partial charge in [-0.25, -0.2) is 0 Å². The quantitative estimate of drug-likeness (QED) is 0.677. The maximum atomic E-state index is 11.8. The first-order valence-corrected chi connectivity index (χ1v) is 9.46. The molecule has 0 N–H and O–H groups in total. The largest absolute Gasteiger partial charge is 0.462 e. The highest BCUT2D eigenvalue weighted by atomic mass is 16.5. The Balaban J connectivity index is 1.63. The van der Waals surface area contributed by atoms with Crippen LogP contribution in [0.4, 0.5) is 0 Å². The minimum atomic E-state index is -0.140. The van der Waals surface area contributed by atoms with Gasteiger partial charge in [0.15, 0.2) is 5.78 Å². The highest BCUT2D eigenvalue weighted by molar-refractivity contribution is 6.01. The van der Waals surface area contributed by atoms with Crippen molar-refractivity contribution >= 4 is 11.8 Å². The lowest BCUT2D eigenvalue weighted by molar-refractivity contribution is -0.156. The van der Waals surface area contributed by atoms with E-state index in [2.05, 4.69) is 19.9 Å². The number of ketones is 1. The first kappa shape index (κ1) is 16.1. The number of hydrogen-bond acceptors (Lipinski definition) is 3. The number of fused-ring (bicyclic) bond motifs is 5. The molecule has 4 rings (SSSR count). The number of rotatable bonds is 1. The molecular weight excluding hydrogens is 300 g/mol. The molecule has 0 bridgehead atoms. The summed E-state index contributed by atoms with van der Waals surface area (Å²) < 4.78 is 5.70. The number of allylic oxidation sites excluding steroid dienone is 4. The SMILES string of the molecule is CC(=O)O[C@@H]1CC[C@H]2[C@@H]3CCC4=CC(=O)C=C[C@]4(C)[C@H]3CC[C@]12C. The second-order valence-electron chi connectivity index (χ2n) is 8.82. The van der Waals surface area contributed by atoms with Gasteiger partial charge in [-0.1, -0.05) is 25.5 Å². The predicted octanol–water partition coefficient (Wildman–Crippen LogP) is 4.23. The molecule has 3 nitrogen and oxygen atoms in total. The van der Waals surface area contributed by atoms with E-state index in [0.717, 1.165) is 19.3 Å². The summed E-state index contributed by atoms with van der Waals surface area (Å²) in [4.78, 5) is 23.3. The number of esters is 1. The third-order valence-electron chi connectivity index (χ3n) is 7.78. The average molecular weight is 328 g/mol. The molecule has 0 saturated heterocycles. The molecule has 0 amide bonds. The Morgan fingerprint density at radius 1 is 1.17 bits per heavy atom. The highest BCUT2D eigenvalue weighted by Gasteiger charge is 2.59. The summed E-state index contributed by atoms with van der Waals surface area (Å²) in [5, 5.41) is 0. The summed E-state index contributed by atoms with van der Waals surface area (Å²) in [7, 11) is 0. The van der Waals surface area contributed by atoms with Gasteiger partial charge >= 0.3 is 5.97 Å². The molecule has 0 heterocycles. The van der Waals surface area contributed by atoms with E-state index in [4.69, 9.17) is 4.74 Å². The Bertz CT molecular complexity index is 645. The molecule has 3 heteroatoms. The first-order valence-electron chi connectivity index (χ1n) is 9.46. The zero-order chi connectivity index (χ0) is 17.1. The normalized spacial score (nSPS) is 46.6. The molecule has 0 aliphatic heterocycles. The Hall–Kier alpha value is -1.38. The fourth-order valence-electron chi connectivity index (χ4n) is 6.54. The second-order valence-corrected chi connectivity index (χ2v) is 8.82. The van der Waals surface area contributed by atoms with Crippen LogP contribution in [0, 0.1) is 28.6 Å². The van der Waals surface area contributed by atoms with Crippen molar-refractivity contribution in [3.05, 3.63) is 23.8 Å². The molecule has 3 saturated carbocycles. The van der Waals surface area contributed by atoms with Crippen molar-refractivity contribution in [2.75, 3.05) is 0 Å². The molecule has 0 spiro atoms. The fourth-order valence-corrected chi connectivity index (χ4v) is 6.54. The summed E-state index contributed by atoms with van der Waals surface area (Å²) in [6, 6.07) is 0. The maximum Gasteiger partial charge on any atom is 0.302 e. The molecule has 4 aliphatic rings. The van der Waals surface area contributed by atoms with Gasteiger partial charge in [0, 0.05) is 17.8 Å². The third kappa shape index (κ3) is 2.16. The van der Waals surface area contributed by atoms with Crippen molar-refractivity contribution in [3.8, 4) is 0 Å². The van der Waals surface area contributed by atoms with Gasteiger partial charge in [0.25, 0.3) is 0 Å². The van der Waals surface area contributed by atoms with Crippen molar-refractivity contribution in [1.29, 1.82) is 0 Å². The van der Waals surface area contributed by atoms with Gasteiger partial charge in [-0.05, 0) is 68.4 Å². The van der Waals surface area contributed by atoms with E-state index in [1.54, 1.807) is 6.08 Å². The van der Waals surface area contributed by atoms with Crippen LogP contribution in [0.5, 0.6) is 0 Å². The van der Waals surface area contributed by atoms with Gasteiger partial charge in [-0.3, -0.25) is 9.59 Å². The van der Waals surface area contributed by atoms with Crippen molar-refractivity contribution in [2.45, 2.75) is 65.4 Å². The second kappa shape index (κ2) is 5.31. The predicted molar refractivity (Wildman–Crippen MR) is 92.2 cm³/mol. The Labute approximate surface area is 144 Å². The van der Waals surface area contributed by atoms with Crippen molar-refractivity contribution in [2.24, 2.45) is 28.6 Å². The van der Waals surface area contributed by atoms with Crippen LogP contribution < -0.4 is 0 Å². The minimum Gasteiger partial charge on any atom is -0.462 e. The standard InChI is InChI=1S/C21H28O3/c1-13(22)24-19-7-6-17-16-5-4-14-12-15(23)8-10-20(14,2)18(16)9-11-21(17,19)3/h8,10,12,16-19H,4-7,9,11H2,1-3H3/t16-,17-,18-,19+,20-,21-/m0/s1. The molecular formula is C21H28O3. The van der Waals surface area contributed by atoms with E-state index in [1.807, 2.05) is 6.08 Å². The number of hydrogen-bond donors (Lipinski definition) is 0. The van der Waals surface area contributed by atoms with Crippen molar-refractivity contribution in [1.82, 2.24) is 0 Å². The van der Waals surface area contributed by atoms with E-state index in [0.29, 0.717) is 17.8 Å². The van der Waals surface area contributed by atoms with Crippen molar-refractivity contribution < 1.29 is 14.3 Å². The average Bonchev–Trinajstić information content (AvgIpc) is 2.84. The zero-order valence-electron chi connectivity index (χ0n) is 15.0. The fraction of sp³-hybridized carbons (Fsp3) is 0.714. The lowest BCUT2D eigenvalue weighted by Crippen LogP contribution is -2.50. The Morgan fingerprint density at radius 2 is 1.96 bits per heavy atom. The molecule has 4 aliphatic carbocycles. The Kier molecular flexibility index (Phi) is 3.56. The monoisotopic (exact) mass is 328 g/mol. The van der Waals surface area contributed by atoms with Crippen LogP contribution in [0.2, 0.25) is 0 Å². The maximum absolute atomic E-state index is 11.8. The van der Waals surface area contributed by atoms with Crippen LogP contribution in [0.25, 0.3) is 0 Å². The molecule has 24 heavy (non-hydrogen) atoms. The topological polar surface area (TPSA) is 43.4 Å². The molecule has 0 aromatic carbocycles. The summed E-state index contributed by atoms with van der Waals surface area (Å²) in [6.45, 7) is 6.22. The molecule has 0 aromatic heterocycles. The first-order chi connectivity index (χ1) is 11.3. The van der Waals surface area contributed by atoms with Crippen LogP contribution in [-0.4, -0.2) is 17.9 Å². The number of carbonyl (C=O) groups is 2. The highest BCUT2D eigenvalue weighted by Crippen LogP contribution is 2.64. The van der Waals surface area contributed by atoms with Crippen LogP contribution in [0.3, 0.4) is 0 Å². The van der Waals surface area contributed by atoms with Crippen LogP contribution in [0.1, 0.15) is 59.3 Å². The lowest BCUT2D eigenvalue weighted by Gasteiger charge is -2.56. The minimum absolute atomic E-state index is 0.0533. The summed E-state index contributed by atoms with van der Waals surface area (Å²) in [5.74, 6) is 1.96. The van der Waals surface area contributed by atoms with Gasteiger partial charge in [-0.2, -0.15) is 0 Å². The van der Waals surface area contributed by atoms with E-state index >= 15 is 0 Å². The van der Waals surface area contributed by atoms with Crippen LogP contribution in [-0.2, 0) is 14.3 Å².